The van der Waals surface area contributed by atoms with E-state index in [1.165, 1.54) is 10.4 Å². The van der Waals surface area contributed by atoms with E-state index in [4.69, 9.17) is 0 Å². The first-order valence-electron chi connectivity index (χ1n) is 5.22. The fourth-order valence-corrected chi connectivity index (χ4v) is 3.00. The van der Waals surface area contributed by atoms with Crippen molar-refractivity contribution in [2.75, 3.05) is 27.2 Å². The zero-order chi connectivity index (χ0) is 10.8. The van der Waals surface area contributed by atoms with Crippen molar-refractivity contribution in [2.24, 2.45) is 0 Å². The average Bonchev–Trinajstić information content (AvgIpc) is 2.49. The van der Waals surface area contributed by atoms with Crippen molar-refractivity contribution in [1.82, 2.24) is 10.2 Å². The fraction of sp³-hybridized carbons (Fsp3) is 0.545. The van der Waals surface area contributed by atoms with Crippen molar-refractivity contribution in [1.29, 1.82) is 0 Å². The lowest BCUT2D eigenvalue weighted by Crippen LogP contribution is -2.20. The van der Waals surface area contributed by atoms with E-state index in [1.54, 1.807) is 30.3 Å². The summed E-state index contributed by atoms with van der Waals surface area (Å²) in [6, 6.07) is 2.06. The number of carbonyl (C=O) groups excluding carboxylic acids is 1. The predicted octanol–water partition coefficient (Wildman–Crippen LogP) is 1.14. The molecule has 82 valence electrons. The van der Waals surface area contributed by atoms with Gasteiger partial charge in [-0.1, -0.05) is 0 Å². The van der Waals surface area contributed by atoms with Gasteiger partial charge in [-0.25, -0.2) is 0 Å². The van der Waals surface area contributed by atoms with Gasteiger partial charge in [0.15, 0.2) is 0 Å². The quantitative estimate of drug-likeness (QED) is 0.776. The Kier molecular flexibility index (Phi) is 3.07. The van der Waals surface area contributed by atoms with Gasteiger partial charge in [-0.2, -0.15) is 0 Å². The molecule has 0 bridgehead atoms. The van der Waals surface area contributed by atoms with Crippen LogP contribution < -0.4 is 5.32 Å². The molecular formula is C11H16N2OS. The van der Waals surface area contributed by atoms with Gasteiger partial charge in [0, 0.05) is 19.0 Å². The van der Waals surface area contributed by atoms with E-state index in [-0.39, 0.29) is 5.91 Å². The molecule has 1 amide bonds. The third-order valence-corrected chi connectivity index (χ3v) is 3.84. The van der Waals surface area contributed by atoms with Gasteiger partial charge in [0.2, 0.25) is 0 Å². The first-order valence-corrected chi connectivity index (χ1v) is 6.04. The van der Waals surface area contributed by atoms with Crippen molar-refractivity contribution >= 4 is 17.2 Å². The molecule has 1 N–H and O–H groups in total. The summed E-state index contributed by atoms with van der Waals surface area (Å²) in [7, 11) is 3.60. The minimum atomic E-state index is 0.126. The summed E-state index contributed by atoms with van der Waals surface area (Å²) in [5.74, 6) is 0.126. The first-order chi connectivity index (χ1) is 7.18. The molecule has 0 saturated carbocycles. The van der Waals surface area contributed by atoms with Crippen LogP contribution in [0.15, 0.2) is 6.07 Å². The second-order valence-electron chi connectivity index (χ2n) is 4.01. The highest BCUT2D eigenvalue weighted by atomic mass is 32.1. The summed E-state index contributed by atoms with van der Waals surface area (Å²) in [6.07, 6.45) is 2.10. The SMILES string of the molecule is CN(C)C(=O)c1cc2c(s1)CCNCC2. The maximum absolute atomic E-state index is 11.8. The van der Waals surface area contributed by atoms with Gasteiger partial charge in [-0.05, 0) is 37.6 Å². The molecule has 1 aliphatic rings. The Morgan fingerprint density at radius 3 is 2.87 bits per heavy atom. The zero-order valence-corrected chi connectivity index (χ0v) is 9.99. The topological polar surface area (TPSA) is 32.3 Å². The predicted molar refractivity (Wildman–Crippen MR) is 62.6 cm³/mol. The van der Waals surface area contributed by atoms with Crippen molar-refractivity contribution in [3.63, 3.8) is 0 Å². The van der Waals surface area contributed by atoms with E-state index in [0.717, 1.165) is 30.8 Å². The van der Waals surface area contributed by atoms with Gasteiger partial charge in [0.05, 0.1) is 4.88 Å². The van der Waals surface area contributed by atoms with Gasteiger partial charge in [0.1, 0.15) is 0 Å². The molecule has 0 spiro atoms. The minimum absolute atomic E-state index is 0.126. The van der Waals surface area contributed by atoms with Crippen LogP contribution in [-0.4, -0.2) is 38.0 Å². The molecule has 1 aromatic heterocycles. The maximum Gasteiger partial charge on any atom is 0.263 e. The molecule has 0 aromatic carbocycles. The molecule has 0 atom stereocenters. The lowest BCUT2D eigenvalue weighted by molar-refractivity contribution is 0.0832. The number of fused-ring (bicyclic) bond motifs is 1. The normalized spacial score (nSPS) is 15.6. The van der Waals surface area contributed by atoms with Crippen LogP contribution >= 0.6 is 11.3 Å². The molecule has 0 saturated heterocycles. The Bertz CT molecular complexity index is 347. The molecule has 15 heavy (non-hydrogen) atoms. The summed E-state index contributed by atoms with van der Waals surface area (Å²) in [5.41, 5.74) is 1.36. The maximum atomic E-state index is 11.8. The zero-order valence-electron chi connectivity index (χ0n) is 9.17. The highest BCUT2D eigenvalue weighted by molar-refractivity contribution is 7.14. The highest BCUT2D eigenvalue weighted by Crippen LogP contribution is 2.25. The second kappa shape index (κ2) is 4.33. The number of hydrogen-bond acceptors (Lipinski definition) is 3. The second-order valence-corrected chi connectivity index (χ2v) is 5.15. The molecule has 2 rings (SSSR count). The van der Waals surface area contributed by atoms with E-state index >= 15 is 0 Å². The van der Waals surface area contributed by atoms with Crippen molar-refractivity contribution in [3.05, 3.63) is 21.4 Å². The molecule has 4 heteroatoms. The Balaban J connectivity index is 2.25. The molecular weight excluding hydrogens is 208 g/mol. The molecule has 1 aliphatic heterocycles. The third-order valence-electron chi connectivity index (χ3n) is 2.61. The molecule has 2 heterocycles. The van der Waals surface area contributed by atoms with Gasteiger partial charge in [-0.3, -0.25) is 4.79 Å². The third kappa shape index (κ3) is 2.21. The van der Waals surface area contributed by atoms with Gasteiger partial charge < -0.3 is 10.2 Å². The van der Waals surface area contributed by atoms with Gasteiger partial charge in [0.25, 0.3) is 5.91 Å². The van der Waals surface area contributed by atoms with Crippen LogP contribution in [0.3, 0.4) is 0 Å². The van der Waals surface area contributed by atoms with Crippen LogP contribution in [0, 0.1) is 0 Å². The molecule has 1 aromatic rings. The Morgan fingerprint density at radius 2 is 2.13 bits per heavy atom. The van der Waals surface area contributed by atoms with Crippen LogP contribution in [0.2, 0.25) is 0 Å². The molecule has 0 fully saturated rings. The van der Waals surface area contributed by atoms with E-state index in [9.17, 15) is 4.79 Å². The summed E-state index contributed by atoms with van der Waals surface area (Å²) in [6.45, 7) is 2.06. The van der Waals surface area contributed by atoms with Crippen LogP contribution in [0.4, 0.5) is 0 Å². The number of hydrogen-bond donors (Lipinski definition) is 1. The largest absolute Gasteiger partial charge is 0.344 e. The van der Waals surface area contributed by atoms with Crippen LogP contribution in [0.5, 0.6) is 0 Å². The summed E-state index contributed by atoms with van der Waals surface area (Å²) in [5, 5.41) is 3.36. The fourth-order valence-electron chi connectivity index (χ4n) is 1.77. The summed E-state index contributed by atoms with van der Waals surface area (Å²) >= 11 is 1.65. The number of nitrogens with one attached hydrogen (secondary N) is 1. The van der Waals surface area contributed by atoms with Crippen LogP contribution in [0.25, 0.3) is 0 Å². The number of rotatable bonds is 1. The van der Waals surface area contributed by atoms with Crippen molar-refractivity contribution in [3.8, 4) is 0 Å². The number of nitrogens with zero attached hydrogens (tertiary/aromatic N) is 1. The lowest BCUT2D eigenvalue weighted by Gasteiger charge is -2.07. The monoisotopic (exact) mass is 224 g/mol. The molecule has 0 aliphatic carbocycles. The van der Waals surface area contributed by atoms with E-state index in [0.29, 0.717) is 0 Å². The molecule has 0 radical (unpaired) electrons. The number of thiophene rings is 1. The summed E-state index contributed by atoms with van der Waals surface area (Å²) in [4.78, 5) is 15.7. The smallest absolute Gasteiger partial charge is 0.263 e. The minimum Gasteiger partial charge on any atom is -0.344 e. The summed E-state index contributed by atoms with van der Waals surface area (Å²) < 4.78 is 0. The molecule has 3 nitrogen and oxygen atoms in total. The lowest BCUT2D eigenvalue weighted by atomic mass is 10.1. The Morgan fingerprint density at radius 1 is 1.40 bits per heavy atom. The van der Waals surface area contributed by atoms with E-state index < -0.39 is 0 Å². The standard InChI is InChI=1S/C11H16N2OS/c1-13(2)11(14)10-7-8-3-5-12-6-4-9(8)15-10/h7,12H,3-6H2,1-2H3. The number of amides is 1. The Labute approximate surface area is 94.1 Å². The van der Waals surface area contributed by atoms with E-state index in [2.05, 4.69) is 11.4 Å². The van der Waals surface area contributed by atoms with Crippen molar-refractivity contribution in [2.45, 2.75) is 12.8 Å². The molecule has 0 unspecified atom stereocenters. The van der Waals surface area contributed by atoms with Crippen LogP contribution in [0.1, 0.15) is 20.1 Å². The Hall–Kier alpha value is -0.870. The first kappa shape index (κ1) is 10.6. The van der Waals surface area contributed by atoms with E-state index in [1.807, 2.05) is 0 Å². The van der Waals surface area contributed by atoms with Gasteiger partial charge >= 0.3 is 0 Å². The van der Waals surface area contributed by atoms with Gasteiger partial charge in [-0.15, -0.1) is 11.3 Å². The average molecular weight is 224 g/mol. The highest BCUT2D eigenvalue weighted by Gasteiger charge is 2.16. The van der Waals surface area contributed by atoms with Crippen molar-refractivity contribution < 1.29 is 4.79 Å². The van der Waals surface area contributed by atoms with Crippen LogP contribution in [-0.2, 0) is 12.8 Å². The number of carbonyl (C=O) groups is 1.